The summed E-state index contributed by atoms with van der Waals surface area (Å²) in [6, 6.07) is 5.99. The van der Waals surface area contributed by atoms with Gasteiger partial charge in [0.05, 0.1) is 11.4 Å². The van der Waals surface area contributed by atoms with E-state index in [1.54, 1.807) is 6.20 Å². The van der Waals surface area contributed by atoms with Gasteiger partial charge in [0.25, 0.3) is 0 Å². The van der Waals surface area contributed by atoms with Gasteiger partial charge in [-0.2, -0.15) is 5.10 Å². The second-order valence-electron chi connectivity index (χ2n) is 3.65. The molecular weight excluding hydrogens is 220 g/mol. The molecular formula is C11H16N4S. The first-order valence-electron chi connectivity index (χ1n) is 5.12. The Bertz CT molecular complexity index is 373. The van der Waals surface area contributed by atoms with Gasteiger partial charge in [0.1, 0.15) is 0 Å². The Kier molecular flexibility index (Phi) is 4.85. The van der Waals surface area contributed by atoms with E-state index in [4.69, 9.17) is 12.2 Å². The third kappa shape index (κ3) is 4.35. The maximum atomic E-state index is 5.05. The molecule has 0 aromatic carbocycles. The highest BCUT2D eigenvalue weighted by Gasteiger charge is 1.99. The highest BCUT2D eigenvalue weighted by atomic mass is 32.1. The number of thiocarbonyl (C=S) groups is 1. The van der Waals surface area contributed by atoms with Crippen molar-refractivity contribution in [2.24, 2.45) is 5.10 Å². The van der Waals surface area contributed by atoms with Gasteiger partial charge in [-0.3, -0.25) is 10.4 Å². The van der Waals surface area contributed by atoms with E-state index < -0.39 is 0 Å². The molecule has 1 aromatic rings. The Morgan fingerprint density at radius 3 is 2.75 bits per heavy atom. The average molecular weight is 236 g/mol. The summed E-state index contributed by atoms with van der Waals surface area (Å²) in [5, 5.41) is 7.71. The van der Waals surface area contributed by atoms with Gasteiger partial charge >= 0.3 is 0 Å². The van der Waals surface area contributed by atoms with Gasteiger partial charge in [0, 0.05) is 12.2 Å². The predicted molar refractivity (Wildman–Crippen MR) is 70.5 cm³/mol. The summed E-state index contributed by atoms with van der Waals surface area (Å²) >= 11 is 5.05. The molecule has 16 heavy (non-hydrogen) atoms. The largest absolute Gasteiger partial charge is 0.359 e. The van der Waals surface area contributed by atoms with Crippen LogP contribution < -0.4 is 10.7 Å². The number of pyridine rings is 1. The third-order valence-electron chi connectivity index (χ3n) is 1.78. The minimum Gasteiger partial charge on any atom is -0.359 e. The molecule has 1 heterocycles. The van der Waals surface area contributed by atoms with Crippen molar-refractivity contribution in [3.63, 3.8) is 0 Å². The number of aromatic nitrogens is 1. The first-order chi connectivity index (χ1) is 7.59. The minimum atomic E-state index is 0.297. The van der Waals surface area contributed by atoms with Gasteiger partial charge in [-0.25, -0.2) is 0 Å². The summed E-state index contributed by atoms with van der Waals surface area (Å²) in [5.74, 6) is 0. The van der Waals surface area contributed by atoms with Crippen molar-refractivity contribution in [3.8, 4) is 0 Å². The molecule has 1 rings (SSSR count). The van der Waals surface area contributed by atoms with E-state index >= 15 is 0 Å². The molecule has 5 heteroatoms. The fraction of sp³-hybridized carbons (Fsp3) is 0.364. The van der Waals surface area contributed by atoms with Crippen LogP contribution in [0, 0.1) is 0 Å². The molecule has 0 unspecified atom stereocenters. The standard InChI is InChI=1S/C11H16N4S/c1-8(2)13-11(16)15-14-9(3)10-6-4-5-7-12-10/h4-8H,1-3H3,(H2,13,15,16). The average Bonchev–Trinajstić information content (AvgIpc) is 2.26. The smallest absolute Gasteiger partial charge is 0.187 e. The van der Waals surface area contributed by atoms with Gasteiger partial charge in [-0.05, 0) is 45.1 Å². The van der Waals surface area contributed by atoms with Crippen LogP contribution in [0.5, 0.6) is 0 Å². The van der Waals surface area contributed by atoms with E-state index in [1.807, 2.05) is 39.0 Å². The molecule has 1 aromatic heterocycles. The lowest BCUT2D eigenvalue weighted by Gasteiger charge is -2.10. The van der Waals surface area contributed by atoms with Crippen molar-refractivity contribution < 1.29 is 0 Å². The van der Waals surface area contributed by atoms with E-state index in [-0.39, 0.29) is 0 Å². The quantitative estimate of drug-likeness (QED) is 0.476. The lowest BCUT2D eigenvalue weighted by Crippen LogP contribution is -2.37. The summed E-state index contributed by atoms with van der Waals surface area (Å²) in [4.78, 5) is 4.18. The summed E-state index contributed by atoms with van der Waals surface area (Å²) in [6.07, 6.45) is 1.74. The summed E-state index contributed by atoms with van der Waals surface area (Å²) in [5.41, 5.74) is 4.42. The van der Waals surface area contributed by atoms with Crippen LogP contribution in [0.4, 0.5) is 0 Å². The Morgan fingerprint density at radius 2 is 2.19 bits per heavy atom. The lowest BCUT2D eigenvalue weighted by atomic mass is 10.3. The van der Waals surface area contributed by atoms with Crippen LogP contribution in [0.1, 0.15) is 26.5 Å². The summed E-state index contributed by atoms with van der Waals surface area (Å²) in [7, 11) is 0. The maximum Gasteiger partial charge on any atom is 0.187 e. The maximum absolute atomic E-state index is 5.05. The van der Waals surface area contributed by atoms with Crippen LogP contribution in [0.3, 0.4) is 0 Å². The van der Waals surface area contributed by atoms with Crippen LogP contribution in [0.15, 0.2) is 29.5 Å². The predicted octanol–water partition coefficient (Wildman–Crippen LogP) is 1.68. The van der Waals surface area contributed by atoms with E-state index in [0.717, 1.165) is 11.4 Å². The Balaban J connectivity index is 2.55. The molecule has 4 nitrogen and oxygen atoms in total. The number of rotatable bonds is 3. The van der Waals surface area contributed by atoms with E-state index in [9.17, 15) is 0 Å². The zero-order chi connectivity index (χ0) is 12.0. The highest BCUT2D eigenvalue weighted by molar-refractivity contribution is 7.80. The van der Waals surface area contributed by atoms with E-state index in [2.05, 4.69) is 20.8 Å². The molecule has 0 saturated carbocycles. The summed E-state index contributed by atoms with van der Waals surface area (Å²) in [6.45, 7) is 5.92. The van der Waals surface area contributed by atoms with Crippen molar-refractivity contribution in [2.75, 3.05) is 0 Å². The van der Waals surface area contributed by atoms with Crippen molar-refractivity contribution in [2.45, 2.75) is 26.8 Å². The van der Waals surface area contributed by atoms with Gasteiger partial charge in [0.2, 0.25) is 0 Å². The van der Waals surface area contributed by atoms with Crippen LogP contribution in [-0.2, 0) is 0 Å². The molecule has 0 spiro atoms. The molecule has 0 atom stereocenters. The first-order valence-corrected chi connectivity index (χ1v) is 5.52. The Labute approximate surface area is 101 Å². The molecule has 0 radical (unpaired) electrons. The van der Waals surface area contributed by atoms with Crippen molar-refractivity contribution >= 4 is 23.0 Å². The van der Waals surface area contributed by atoms with Crippen LogP contribution in [0.25, 0.3) is 0 Å². The number of nitrogens with zero attached hydrogens (tertiary/aromatic N) is 2. The fourth-order valence-electron chi connectivity index (χ4n) is 1.06. The van der Waals surface area contributed by atoms with Gasteiger partial charge < -0.3 is 5.32 Å². The Hall–Kier alpha value is -1.49. The molecule has 0 bridgehead atoms. The van der Waals surface area contributed by atoms with Crippen molar-refractivity contribution in [3.05, 3.63) is 30.1 Å². The van der Waals surface area contributed by atoms with Crippen LogP contribution >= 0.6 is 12.2 Å². The van der Waals surface area contributed by atoms with Crippen LogP contribution in [-0.4, -0.2) is 21.8 Å². The molecule has 0 fully saturated rings. The topological polar surface area (TPSA) is 49.3 Å². The lowest BCUT2D eigenvalue weighted by molar-refractivity contribution is 0.719. The third-order valence-corrected chi connectivity index (χ3v) is 1.99. The number of hydrogen-bond acceptors (Lipinski definition) is 3. The zero-order valence-corrected chi connectivity index (χ0v) is 10.5. The second kappa shape index (κ2) is 6.17. The number of hydrogen-bond donors (Lipinski definition) is 2. The SMILES string of the molecule is CC(=NNC(=S)NC(C)C)c1ccccn1. The van der Waals surface area contributed by atoms with Gasteiger partial charge in [-0.1, -0.05) is 6.07 Å². The minimum absolute atomic E-state index is 0.297. The Morgan fingerprint density at radius 1 is 1.44 bits per heavy atom. The first kappa shape index (κ1) is 12.6. The van der Waals surface area contributed by atoms with Gasteiger partial charge in [0.15, 0.2) is 5.11 Å². The van der Waals surface area contributed by atoms with E-state index in [0.29, 0.717) is 11.2 Å². The molecule has 0 aliphatic rings. The molecule has 2 N–H and O–H groups in total. The zero-order valence-electron chi connectivity index (χ0n) is 9.69. The van der Waals surface area contributed by atoms with Crippen molar-refractivity contribution in [1.82, 2.24) is 15.7 Å². The van der Waals surface area contributed by atoms with Crippen molar-refractivity contribution in [1.29, 1.82) is 0 Å². The molecule has 0 aliphatic heterocycles. The van der Waals surface area contributed by atoms with Gasteiger partial charge in [-0.15, -0.1) is 0 Å². The monoisotopic (exact) mass is 236 g/mol. The normalized spacial score (nSPS) is 11.4. The molecule has 86 valence electrons. The van der Waals surface area contributed by atoms with E-state index in [1.165, 1.54) is 0 Å². The number of hydrazone groups is 1. The molecule has 0 aliphatic carbocycles. The molecule has 0 amide bonds. The summed E-state index contributed by atoms with van der Waals surface area (Å²) < 4.78 is 0. The molecule has 0 saturated heterocycles. The number of nitrogens with one attached hydrogen (secondary N) is 2. The van der Waals surface area contributed by atoms with Crippen LogP contribution in [0.2, 0.25) is 0 Å². The fourth-order valence-corrected chi connectivity index (χ4v) is 1.34. The highest BCUT2D eigenvalue weighted by Crippen LogP contribution is 1.95. The second-order valence-corrected chi connectivity index (χ2v) is 4.06.